The van der Waals surface area contributed by atoms with Crippen LogP contribution in [0.4, 0.5) is 5.82 Å². The van der Waals surface area contributed by atoms with Gasteiger partial charge in [0.05, 0.1) is 13.2 Å². The summed E-state index contributed by atoms with van der Waals surface area (Å²) in [5.74, 6) is -0.0863. The molecule has 0 aliphatic carbocycles. The molecule has 18 heteroatoms. The van der Waals surface area contributed by atoms with Crippen molar-refractivity contribution in [1.82, 2.24) is 9.55 Å². The van der Waals surface area contributed by atoms with Gasteiger partial charge in [-0.15, -0.1) is 0 Å². The van der Waals surface area contributed by atoms with Crippen molar-refractivity contribution in [3.63, 3.8) is 0 Å². The van der Waals surface area contributed by atoms with Gasteiger partial charge >= 0.3 is 24.6 Å². The summed E-state index contributed by atoms with van der Waals surface area (Å²) in [5, 5.41) is 58.6. The molecule has 0 spiro atoms. The van der Waals surface area contributed by atoms with Gasteiger partial charge in [0.15, 0.2) is 12.5 Å². The van der Waals surface area contributed by atoms with Crippen LogP contribution in [0.25, 0.3) is 0 Å². The third-order valence-electron chi connectivity index (χ3n) is 4.94. The Morgan fingerprint density at radius 1 is 1.09 bits per heavy atom. The van der Waals surface area contributed by atoms with Crippen LogP contribution in [0.1, 0.15) is 6.23 Å². The molecule has 33 heavy (non-hydrogen) atoms. The molecule has 3 rings (SSSR count). The van der Waals surface area contributed by atoms with Gasteiger partial charge in [-0.3, -0.25) is 13.7 Å². The van der Waals surface area contributed by atoms with Crippen molar-refractivity contribution in [2.45, 2.75) is 55.2 Å². The molecule has 0 amide bonds. The maximum atomic E-state index is 12.1. The topological polar surface area (TPSA) is 259 Å². The van der Waals surface area contributed by atoms with E-state index >= 15 is 0 Å². The molecule has 0 radical (unpaired) electrons. The quantitative estimate of drug-likeness (QED) is 0.138. The van der Waals surface area contributed by atoms with E-state index in [9.17, 15) is 39.8 Å². The minimum Gasteiger partial charge on any atom is -0.756 e. The van der Waals surface area contributed by atoms with Crippen molar-refractivity contribution in [2.75, 3.05) is 18.9 Å². The van der Waals surface area contributed by atoms with Crippen molar-refractivity contribution >= 4 is 13.6 Å². The van der Waals surface area contributed by atoms with Crippen LogP contribution in [0.5, 0.6) is 0 Å². The van der Waals surface area contributed by atoms with Gasteiger partial charge in [0.2, 0.25) is 0 Å². The number of ether oxygens (including phenoxy) is 2. The maximum absolute atomic E-state index is 12.1. The number of phosphoric ester groups is 1. The zero-order valence-electron chi connectivity index (χ0n) is 17.2. The summed E-state index contributed by atoms with van der Waals surface area (Å²) < 4.78 is 32.4. The van der Waals surface area contributed by atoms with Gasteiger partial charge in [-0.05, 0) is 6.07 Å². The largest absolute Gasteiger partial charge is 1.00 e. The van der Waals surface area contributed by atoms with Crippen molar-refractivity contribution in [3.05, 3.63) is 22.7 Å². The third-order valence-corrected chi connectivity index (χ3v) is 5.87. The van der Waals surface area contributed by atoms with Gasteiger partial charge in [0, 0.05) is 6.20 Å². The van der Waals surface area contributed by atoms with Crippen LogP contribution >= 0.6 is 7.82 Å². The summed E-state index contributed by atoms with van der Waals surface area (Å²) in [6.07, 6.45) is -14.0. The first-order valence-electron chi connectivity index (χ1n) is 9.26. The Morgan fingerprint density at radius 3 is 2.33 bits per heavy atom. The minimum absolute atomic E-state index is 0. The van der Waals surface area contributed by atoms with Crippen molar-refractivity contribution < 1.29 is 77.5 Å². The number of nitrogens with two attached hydrogens (primary N) is 1. The summed E-state index contributed by atoms with van der Waals surface area (Å²) in [6, 6.07) is 1.24. The Balaban J connectivity index is 0.00000385. The van der Waals surface area contributed by atoms with E-state index in [1.165, 1.54) is 6.07 Å². The van der Waals surface area contributed by atoms with Crippen molar-refractivity contribution in [2.24, 2.45) is 0 Å². The number of phosphoric acid groups is 1. The van der Waals surface area contributed by atoms with E-state index in [1.54, 1.807) is 0 Å². The molecule has 1 unspecified atom stereocenters. The van der Waals surface area contributed by atoms with Crippen molar-refractivity contribution in [1.29, 1.82) is 0 Å². The van der Waals surface area contributed by atoms with Crippen molar-refractivity contribution in [3.8, 4) is 0 Å². The molecule has 2 fully saturated rings. The predicted octanol–water partition coefficient (Wildman–Crippen LogP) is -8.25. The van der Waals surface area contributed by atoms with Gasteiger partial charge in [-0.25, -0.2) is 4.79 Å². The fourth-order valence-electron chi connectivity index (χ4n) is 3.19. The average molecular weight is 491 g/mol. The van der Waals surface area contributed by atoms with Crippen LogP contribution in [-0.2, 0) is 23.1 Å². The summed E-state index contributed by atoms with van der Waals surface area (Å²) >= 11 is 0. The summed E-state index contributed by atoms with van der Waals surface area (Å²) in [4.78, 5) is 27.5. The molecular weight excluding hydrogens is 468 g/mol. The molecule has 182 valence electrons. The molecule has 0 aromatic carbocycles. The minimum atomic E-state index is -5.27. The fourth-order valence-corrected chi connectivity index (χ4v) is 4.01. The Hall–Kier alpha value is -0.933. The molecule has 1 aromatic heterocycles. The van der Waals surface area contributed by atoms with Crippen LogP contribution in [0, 0.1) is 0 Å². The van der Waals surface area contributed by atoms with Crippen LogP contribution in [0.15, 0.2) is 17.1 Å². The van der Waals surface area contributed by atoms with Crippen LogP contribution in [-0.4, -0.2) is 102 Å². The molecule has 0 saturated carbocycles. The van der Waals surface area contributed by atoms with Crippen LogP contribution in [0.3, 0.4) is 0 Å². The predicted molar refractivity (Wildman–Crippen MR) is 97.2 cm³/mol. The first-order valence-corrected chi connectivity index (χ1v) is 10.7. The normalized spacial score (nSPS) is 38.5. The number of nitrogen functional groups attached to an aromatic ring is 1. The number of anilines is 1. The molecule has 3 heterocycles. The molecular formula is C15H23LiN3O13P. The van der Waals surface area contributed by atoms with Gasteiger partial charge in [-0.1, -0.05) is 0 Å². The van der Waals surface area contributed by atoms with Gasteiger partial charge < -0.3 is 55.3 Å². The second-order valence-corrected chi connectivity index (χ2v) is 8.50. The van der Waals surface area contributed by atoms with Gasteiger partial charge in [0.1, 0.15) is 48.5 Å². The Kier molecular flexibility index (Phi) is 9.61. The number of hydrogen-bond acceptors (Lipinski definition) is 15. The molecule has 1 aromatic rings. The zero-order valence-corrected chi connectivity index (χ0v) is 18.1. The number of hydrogen-bond donors (Lipinski definition) is 7. The molecule has 0 bridgehead atoms. The SMILES string of the molecule is Nc1ccn([C@@H]2O[C@H](COP(=O)([O-])O[C@H]3O[C@H](CO)[C@H](O)[C@H](O)[C@H]3O)[C@@H](O)[C@H]2O)c(=O)n1.[Li+]. The van der Waals surface area contributed by atoms with Gasteiger partial charge in [0.25, 0.3) is 7.82 Å². The fraction of sp³-hybridized carbons (Fsp3) is 0.733. The van der Waals surface area contributed by atoms with Crippen LogP contribution < -0.4 is 35.2 Å². The number of rotatable bonds is 7. The number of aromatic nitrogens is 2. The second kappa shape index (κ2) is 11.2. The summed E-state index contributed by atoms with van der Waals surface area (Å²) in [5.41, 5.74) is 4.50. The molecule has 16 nitrogen and oxygen atoms in total. The van der Waals surface area contributed by atoms with E-state index in [2.05, 4.69) is 14.0 Å². The second-order valence-electron chi connectivity index (χ2n) is 7.13. The monoisotopic (exact) mass is 491 g/mol. The smallest absolute Gasteiger partial charge is 0.756 e. The molecule has 10 atom stereocenters. The maximum Gasteiger partial charge on any atom is 1.00 e. The van der Waals surface area contributed by atoms with E-state index in [1.807, 2.05) is 0 Å². The Labute approximate surface area is 197 Å². The first kappa shape index (κ1) is 28.3. The first-order chi connectivity index (χ1) is 14.9. The third kappa shape index (κ3) is 6.20. The van der Waals surface area contributed by atoms with E-state index in [4.69, 9.17) is 20.3 Å². The van der Waals surface area contributed by atoms with E-state index in [0.717, 1.165) is 10.8 Å². The summed E-state index contributed by atoms with van der Waals surface area (Å²) in [6.45, 7) is -1.68. The van der Waals surface area contributed by atoms with Crippen LogP contribution in [0.2, 0.25) is 0 Å². The number of aliphatic hydroxyl groups excluding tert-OH is 6. The molecule has 2 aliphatic heterocycles. The summed E-state index contributed by atoms with van der Waals surface area (Å²) in [7, 11) is -5.27. The van der Waals surface area contributed by atoms with E-state index in [0.29, 0.717) is 0 Å². The number of nitrogens with zero attached hydrogens (tertiary/aromatic N) is 2. The van der Waals surface area contributed by atoms with E-state index in [-0.39, 0.29) is 24.7 Å². The molecule has 8 N–H and O–H groups in total. The average Bonchev–Trinajstić information content (AvgIpc) is 3.01. The standard InChI is InChI=1S/C15H24N3O13P.Li/c16-7-1-2-18(15(25)17-7)13-11(23)9(21)6(29-13)4-28-32(26,27)31-14-12(24)10(22)8(20)5(3-19)30-14;/h1-2,5-6,8-14,19-24H,3-4H2,(H,26,27)(H2,16,17,25);/q;+1/p-1/t5-,6-,8+,9-,10+,11-,12-,13-,14-;/m1./s1. The van der Waals surface area contributed by atoms with Gasteiger partial charge in [-0.2, -0.15) is 4.98 Å². The Bertz CT molecular complexity index is 906. The van der Waals surface area contributed by atoms with E-state index < -0.39 is 82.0 Å². The number of aliphatic hydroxyl groups is 6. The molecule has 2 saturated heterocycles. The molecule has 2 aliphatic rings. The Morgan fingerprint density at radius 2 is 1.73 bits per heavy atom. The zero-order chi connectivity index (χ0) is 23.8.